The van der Waals surface area contributed by atoms with Crippen LogP contribution in [-0.2, 0) is 0 Å². The summed E-state index contributed by atoms with van der Waals surface area (Å²) in [5.41, 5.74) is -0.0409. The van der Waals surface area contributed by atoms with Crippen molar-refractivity contribution in [1.29, 1.82) is 0 Å². The standard InChI is InChI=1S/C11H15ClN4O2/c12-10-4-3-9(16(17)18)11(14-10)13-5-8-15-6-1-2-7-15/h3-4H,1-2,5-8H2,(H,13,14). The van der Waals surface area contributed by atoms with Gasteiger partial charge in [0, 0.05) is 19.2 Å². The first-order valence-electron chi connectivity index (χ1n) is 5.94. The smallest absolute Gasteiger partial charge is 0.311 e. The Bertz CT molecular complexity index is 435. The summed E-state index contributed by atoms with van der Waals surface area (Å²) in [5, 5.41) is 14.1. The van der Waals surface area contributed by atoms with Crippen LogP contribution in [0.15, 0.2) is 12.1 Å². The predicted octanol–water partition coefficient (Wildman–Crippen LogP) is 2.15. The summed E-state index contributed by atoms with van der Waals surface area (Å²) in [6.07, 6.45) is 2.46. The Morgan fingerprint density at radius 3 is 2.83 bits per heavy atom. The van der Waals surface area contributed by atoms with E-state index in [0.717, 1.165) is 19.6 Å². The van der Waals surface area contributed by atoms with E-state index < -0.39 is 4.92 Å². The van der Waals surface area contributed by atoms with Crippen LogP contribution in [0.3, 0.4) is 0 Å². The van der Waals surface area contributed by atoms with Crippen molar-refractivity contribution in [2.45, 2.75) is 12.8 Å². The van der Waals surface area contributed by atoms with Crippen molar-refractivity contribution in [2.24, 2.45) is 0 Å². The van der Waals surface area contributed by atoms with Gasteiger partial charge in [0.25, 0.3) is 0 Å². The van der Waals surface area contributed by atoms with Crippen LogP contribution in [0.25, 0.3) is 0 Å². The predicted molar refractivity (Wildman–Crippen MR) is 70.1 cm³/mol. The zero-order valence-corrected chi connectivity index (χ0v) is 10.7. The van der Waals surface area contributed by atoms with Gasteiger partial charge in [0.1, 0.15) is 5.15 Å². The first-order chi connectivity index (χ1) is 8.66. The molecular weight excluding hydrogens is 256 g/mol. The van der Waals surface area contributed by atoms with Gasteiger partial charge in [-0.15, -0.1) is 0 Å². The third-order valence-corrected chi connectivity index (χ3v) is 3.17. The molecule has 0 unspecified atom stereocenters. The lowest BCUT2D eigenvalue weighted by molar-refractivity contribution is -0.384. The van der Waals surface area contributed by atoms with E-state index in [-0.39, 0.29) is 16.7 Å². The monoisotopic (exact) mass is 270 g/mol. The van der Waals surface area contributed by atoms with E-state index in [4.69, 9.17) is 11.6 Å². The fraction of sp³-hybridized carbons (Fsp3) is 0.545. The highest BCUT2D eigenvalue weighted by Crippen LogP contribution is 2.23. The Morgan fingerprint density at radius 1 is 1.44 bits per heavy atom. The van der Waals surface area contributed by atoms with Crippen molar-refractivity contribution in [3.63, 3.8) is 0 Å². The van der Waals surface area contributed by atoms with Gasteiger partial charge in [-0.05, 0) is 32.0 Å². The number of nitrogens with one attached hydrogen (secondary N) is 1. The average molecular weight is 271 g/mol. The van der Waals surface area contributed by atoms with Gasteiger partial charge in [-0.1, -0.05) is 11.6 Å². The van der Waals surface area contributed by atoms with Crippen LogP contribution in [0.1, 0.15) is 12.8 Å². The van der Waals surface area contributed by atoms with Gasteiger partial charge in [0.2, 0.25) is 5.82 Å². The maximum Gasteiger partial charge on any atom is 0.311 e. The zero-order chi connectivity index (χ0) is 13.0. The molecule has 0 radical (unpaired) electrons. The van der Waals surface area contributed by atoms with Gasteiger partial charge in [0.05, 0.1) is 4.92 Å². The third-order valence-electron chi connectivity index (χ3n) is 2.96. The number of anilines is 1. The molecule has 0 aromatic carbocycles. The molecule has 98 valence electrons. The second-order valence-electron chi connectivity index (χ2n) is 4.23. The van der Waals surface area contributed by atoms with Gasteiger partial charge in [-0.25, -0.2) is 4.98 Å². The first-order valence-corrected chi connectivity index (χ1v) is 6.32. The summed E-state index contributed by atoms with van der Waals surface area (Å²) >= 11 is 5.74. The number of nitrogens with zero attached hydrogens (tertiary/aromatic N) is 3. The highest BCUT2D eigenvalue weighted by atomic mass is 35.5. The second kappa shape index (κ2) is 5.97. The number of hydrogen-bond donors (Lipinski definition) is 1. The summed E-state index contributed by atoms with van der Waals surface area (Å²) in [6, 6.07) is 2.79. The van der Waals surface area contributed by atoms with Crippen molar-refractivity contribution in [3.05, 3.63) is 27.4 Å². The average Bonchev–Trinajstić information content (AvgIpc) is 2.82. The molecule has 1 aliphatic rings. The normalized spacial score (nSPS) is 15.8. The van der Waals surface area contributed by atoms with Crippen LogP contribution < -0.4 is 5.32 Å². The zero-order valence-electron chi connectivity index (χ0n) is 9.93. The molecule has 6 nitrogen and oxygen atoms in total. The van der Waals surface area contributed by atoms with E-state index in [9.17, 15) is 10.1 Å². The van der Waals surface area contributed by atoms with E-state index in [1.165, 1.54) is 25.0 Å². The molecule has 1 aromatic heterocycles. The number of pyridine rings is 1. The Kier molecular flexibility index (Phi) is 4.33. The largest absolute Gasteiger partial charge is 0.363 e. The van der Waals surface area contributed by atoms with Crippen LogP contribution >= 0.6 is 11.6 Å². The van der Waals surface area contributed by atoms with E-state index in [1.54, 1.807) is 0 Å². The van der Waals surface area contributed by atoms with Crippen LogP contribution in [-0.4, -0.2) is 41.0 Å². The van der Waals surface area contributed by atoms with Crippen LogP contribution in [0.4, 0.5) is 11.5 Å². The molecule has 0 saturated carbocycles. The minimum Gasteiger partial charge on any atom is -0.363 e. The lowest BCUT2D eigenvalue weighted by Gasteiger charge is -2.14. The molecule has 1 fully saturated rings. The Labute approximate surface area is 110 Å². The highest BCUT2D eigenvalue weighted by molar-refractivity contribution is 6.29. The molecule has 2 rings (SSSR count). The SMILES string of the molecule is O=[N+]([O-])c1ccc(Cl)nc1NCCN1CCCC1. The molecule has 7 heteroatoms. The molecule has 0 spiro atoms. The number of likely N-dealkylation sites (tertiary alicyclic amines) is 1. The molecule has 1 aromatic rings. The van der Waals surface area contributed by atoms with Gasteiger partial charge < -0.3 is 10.2 Å². The number of hydrogen-bond acceptors (Lipinski definition) is 5. The summed E-state index contributed by atoms with van der Waals surface area (Å²) < 4.78 is 0. The van der Waals surface area contributed by atoms with Gasteiger partial charge in [-0.3, -0.25) is 10.1 Å². The fourth-order valence-electron chi connectivity index (χ4n) is 2.04. The van der Waals surface area contributed by atoms with E-state index in [1.807, 2.05) is 0 Å². The minimum absolute atomic E-state index is 0.0409. The van der Waals surface area contributed by atoms with Gasteiger partial charge in [-0.2, -0.15) is 0 Å². The molecule has 2 heterocycles. The highest BCUT2D eigenvalue weighted by Gasteiger charge is 2.16. The lowest BCUT2D eigenvalue weighted by Crippen LogP contribution is -2.26. The molecule has 0 aliphatic carbocycles. The number of aromatic nitrogens is 1. The van der Waals surface area contributed by atoms with Crippen LogP contribution in [0.2, 0.25) is 5.15 Å². The van der Waals surface area contributed by atoms with E-state index in [2.05, 4.69) is 15.2 Å². The summed E-state index contributed by atoms with van der Waals surface area (Å²) in [4.78, 5) is 16.6. The van der Waals surface area contributed by atoms with Gasteiger partial charge in [0.15, 0.2) is 0 Å². The van der Waals surface area contributed by atoms with Crippen LogP contribution in [0.5, 0.6) is 0 Å². The van der Waals surface area contributed by atoms with E-state index >= 15 is 0 Å². The molecule has 0 amide bonds. The second-order valence-corrected chi connectivity index (χ2v) is 4.62. The van der Waals surface area contributed by atoms with Crippen molar-refractivity contribution < 1.29 is 4.92 Å². The van der Waals surface area contributed by atoms with Crippen molar-refractivity contribution >= 4 is 23.1 Å². The quantitative estimate of drug-likeness (QED) is 0.504. The summed E-state index contributed by atoms with van der Waals surface area (Å²) in [6.45, 7) is 3.71. The number of rotatable bonds is 5. The minimum atomic E-state index is -0.457. The van der Waals surface area contributed by atoms with Crippen molar-refractivity contribution in [1.82, 2.24) is 9.88 Å². The van der Waals surface area contributed by atoms with Crippen molar-refractivity contribution in [2.75, 3.05) is 31.5 Å². The molecule has 1 saturated heterocycles. The maximum absolute atomic E-state index is 10.8. The summed E-state index contributed by atoms with van der Waals surface area (Å²) in [7, 11) is 0. The molecule has 18 heavy (non-hydrogen) atoms. The maximum atomic E-state index is 10.8. The first kappa shape index (κ1) is 13.0. The molecular formula is C11H15ClN4O2. The number of nitro groups is 1. The number of halogens is 1. The molecule has 1 aliphatic heterocycles. The van der Waals surface area contributed by atoms with Crippen LogP contribution in [0, 0.1) is 10.1 Å². The Balaban J connectivity index is 1.94. The Morgan fingerprint density at radius 2 is 2.17 bits per heavy atom. The topological polar surface area (TPSA) is 71.3 Å². The molecule has 1 N–H and O–H groups in total. The van der Waals surface area contributed by atoms with E-state index in [0.29, 0.717) is 6.54 Å². The fourth-order valence-corrected chi connectivity index (χ4v) is 2.19. The van der Waals surface area contributed by atoms with Gasteiger partial charge >= 0.3 is 5.69 Å². The third kappa shape index (κ3) is 3.30. The summed E-state index contributed by atoms with van der Waals surface area (Å²) in [5.74, 6) is 0.242. The lowest BCUT2D eigenvalue weighted by atomic mass is 10.4. The van der Waals surface area contributed by atoms with Crippen molar-refractivity contribution in [3.8, 4) is 0 Å². The molecule has 0 atom stereocenters. The molecule has 0 bridgehead atoms. The Hall–Kier alpha value is -1.40.